The Morgan fingerprint density at radius 2 is 1.93 bits per heavy atom. The van der Waals surface area contributed by atoms with Gasteiger partial charge < -0.3 is 10.1 Å². The van der Waals surface area contributed by atoms with Crippen LogP contribution in [-0.2, 0) is 0 Å². The number of thiophene rings is 1. The summed E-state index contributed by atoms with van der Waals surface area (Å²) < 4.78 is 7.08. The van der Waals surface area contributed by atoms with Gasteiger partial charge in [-0.2, -0.15) is 5.10 Å². The lowest BCUT2D eigenvalue weighted by Gasteiger charge is -2.08. The number of rotatable bonds is 4. The van der Waals surface area contributed by atoms with E-state index in [9.17, 15) is 4.79 Å². The summed E-state index contributed by atoms with van der Waals surface area (Å²) in [6.45, 7) is 1.92. The van der Waals surface area contributed by atoms with Gasteiger partial charge in [0.05, 0.1) is 34.1 Å². The number of ether oxygens (including phenoxy) is 1. The minimum absolute atomic E-state index is 0.189. The Labute approximate surface area is 165 Å². The van der Waals surface area contributed by atoms with Crippen LogP contribution in [0.4, 0.5) is 5.69 Å². The normalized spacial score (nSPS) is 10.9. The van der Waals surface area contributed by atoms with E-state index in [1.807, 2.05) is 49.4 Å². The lowest BCUT2D eigenvalue weighted by Crippen LogP contribution is -2.11. The molecule has 0 atom stereocenters. The lowest BCUT2D eigenvalue weighted by molar-refractivity contribution is 0.103. The van der Waals surface area contributed by atoms with Crippen LogP contribution in [0.25, 0.3) is 15.9 Å². The molecular weight excluding hydrogens is 382 g/mol. The summed E-state index contributed by atoms with van der Waals surface area (Å²) in [7, 11) is 1.58. The molecule has 0 unspecified atom stereocenters. The Hall–Kier alpha value is -2.83. The van der Waals surface area contributed by atoms with E-state index in [1.165, 1.54) is 11.3 Å². The van der Waals surface area contributed by atoms with Crippen molar-refractivity contribution in [1.82, 2.24) is 9.78 Å². The van der Waals surface area contributed by atoms with Gasteiger partial charge in [-0.05, 0) is 37.3 Å². The molecule has 0 radical (unpaired) electrons. The highest BCUT2D eigenvalue weighted by atomic mass is 35.5. The van der Waals surface area contributed by atoms with Gasteiger partial charge in [0, 0.05) is 5.39 Å². The molecule has 136 valence electrons. The number of benzene rings is 2. The molecule has 2 heterocycles. The maximum atomic E-state index is 12.8. The van der Waals surface area contributed by atoms with Gasteiger partial charge in [0.25, 0.3) is 5.91 Å². The quantitative estimate of drug-likeness (QED) is 0.507. The number of carbonyl (C=O) groups is 1. The fourth-order valence-electron chi connectivity index (χ4n) is 2.88. The minimum atomic E-state index is -0.189. The van der Waals surface area contributed by atoms with E-state index in [2.05, 4.69) is 10.4 Å². The van der Waals surface area contributed by atoms with Gasteiger partial charge in [-0.1, -0.05) is 35.9 Å². The number of para-hydroxylation sites is 3. The number of hydrogen-bond acceptors (Lipinski definition) is 4. The molecule has 27 heavy (non-hydrogen) atoms. The zero-order chi connectivity index (χ0) is 19.0. The first kappa shape index (κ1) is 17.6. The van der Waals surface area contributed by atoms with E-state index >= 15 is 0 Å². The smallest absolute Gasteiger partial charge is 0.265 e. The summed E-state index contributed by atoms with van der Waals surface area (Å²) in [5, 5.41) is 9.03. The molecule has 5 nitrogen and oxygen atoms in total. The van der Waals surface area contributed by atoms with Crippen LogP contribution >= 0.6 is 22.9 Å². The van der Waals surface area contributed by atoms with E-state index in [4.69, 9.17) is 16.3 Å². The second-order valence-electron chi connectivity index (χ2n) is 5.93. The molecule has 0 bridgehead atoms. The van der Waals surface area contributed by atoms with Crippen molar-refractivity contribution in [2.24, 2.45) is 0 Å². The average Bonchev–Trinajstić information content (AvgIpc) is 3.24. The van der Waals surface area contributed by atoms with Crippen molar-refractivity contribution in [3.8, 4) is 11.4 Å². The van der Waals surface area contributed by atoms with Gasteiger partial charge in [0.1, 0.15) is 10.6 Å². The van der Waals surface area contributed by atoms with Crippen molar-refractivity contribution in [1.29, 1.82) is 0 Å². The number of halogens is 1. The zero-order valence-corrected chi connectivity index (χ0v) is 16.3. The van der Waals surface area contributed by atoms with Crippen molar-refractivity contribution in [2.45, 2.75) is 6.92 Å². The monoisotopic (exact) mass is 397 g/mol. The highest BCUT2D eigenvalue weighted by Gasteiger charge is 2.19. The number of amides is 1. The first-order chi connectivity index (χ1) is 13.1. The van der Waals surface area contributed by atoms with Crippen LogP contribution in [0.15, 0.2) is 54.6 Å². The van der Waals surface area contributed by atoms with Gasteiger partial charge in [-0.3, -0.25) is 4.79 Å². The van der Waals surface area contributed by atoms with E-state index in [0.717, 1.165) is 21.6 Å². The first-order valence-electron chi connectivity index (χ1n) is 8.27. The van der Waals surface area contributed by atoms with Crippen molar-refractivity contribution in [3.63, 3.8) is 0 Å². The molecule has 0 aliphatic rings. The van der Waals surface area contributed by atoms with Gasteiger partial charge >= 0.3 is 0 Å². The highest BCUT2D eigenvalue weighted by molar-refractivity contribution is 7.20. The number of aromatic nitrogens is 2. The van der Waals surface area contributed by atoms with Gasteiger partial charge in [-0.25, -0.2) is 4.68 Å². The second-order valence-corrected chi connectivity index (χ2v) is 7.37. The van der Waals surface area contributed by atoms with Crippen molar-refractivity contribution in [3.05, 3.63) is 70.2 Å². The molecule has 2 aromatic carbocycles. The molecular formula is C20H16ClN3O2S. The first-order valence-corrected chi connectivity index (χ1v) is 9.46. The number of nitrogens with zero attached hydrogens (tertiary/aromatic N) is 2. The Balaban J connectivity index is 1.73. The maximum Gasteiger partial charge on any atom is 0.265 e. The molecule has 0 aliphatic heterocycles. The number of hydrogen-bond donors (Lipinski definition) is 1. The molecule has 0 saturated heterocycles. The molecule has 0 aliphatic carbocycles. The number of methoxy groups -OCH3 is 1. The Bertz CT molecular complexity index is 1150. The summed E-state index contributed by atoms with van der Waals surface area (Å²) in [6, 6.07) is 16.7. The second kappa shape index (κ2) is 7.06. The van der Waals surface area contributed by atoms with Crippen molar-refractivity contribution >= 4 is 44.7 Å². The number of anilines is 1. The summed E-state index contributed by atoms with van der Waals surface area (Å²) in [5.41, 5.74) is 2.26. The molecule has 0 fully saturated rings. The van der Waals surface area contributed by atoms with Crippen molar-refractivity contribution < 1.29 is 9.53 Å². The Kier molecular flexibility index (Phi) is 4.59. The van der Waals surface area contributed by atoms with E-state index < -0.39 is 0 Å². The molecule has 2 aromatic heterocycles. The standard InChI is InChI=1S/C20H16ClN3O2S/c1-12-13-11-18(19(25)22-15-8-4-6-10-17(15)26-2)27-20(13)24(23-12)16-9-5-3-7-14(16)21/h3-11H,1-2H3,(H,22,25). The van der Waals surface area contributed by atoms with Crippen LogP contribution in [0, 0.1) is 6.92 Å². The average molecular weight is 398 g/mol. The summed E-state index contributed by atoms with van der Waals surface area (Å²) >= 11 is 7.71. The van der Waals surface area contributed by atoms with E-state index in [0.29, 0.717) is 21.3 Å². The van der Waals surface area contributed by atoms with Gasteiger partial charge in [-0.15, -0.1) is 11.3 Å². The van der Waals surface area contributed by atoms with Crippen LogP contribution in [0.1, 0.15) is 15.4 Å². The van der Waals surface area contributed by atoms with E-state index in [1.54, 1.807) is 23.9 Å². The molecule has 1 N–H and O–H groups in total. The van der Waals surface area contributed by atoms with Crippen LogP contribution in [-0.4, -0.2) is 22.8 Å². The third-order valence-electron chi connectivity index (χ3n) is 4.20. The van der Waals surface area contributed by atoms with Crippen LogP contribution in [0.3, 0.4) is 0 Å². The number of carbonyl (C=O) groups excluding carboxylic acids is 1. The molecule has 7 heteroatoms. The third-order valence-corrected chi connectivity index (χ3v) is 5.63. The van der Waals surface area contributed by atoms with Gasteiger partial charge in [0.2, 0.25) is 0 Å². The number of nitrogens with one attached hydrogen (secondary N) is 1. The van der Waals surface area contributed by atoms with Crippen LogP contribution < -0.4 is 10.1 Å². The highest BCUT2D eigenvalue weighted by Crippen LogP contribution is 2.33. The number of aryl methyl sites for hydroxylation is 1. The van der Waals surface area contributed by atoms with Crippen LogP contribution in [0.2, 0.25) is 5.02 Å². The molecule has 1 amide bonds. The molecule has 4 aromatic rings. The van der Waals surface area contributed by atoms with Gasteiger partial charge in [0.15, 0.2) is 0 Å². The number of fused-ring (bicyclic) bond motifs is 1. The molecule has 0 saturated carbocycles. The van der Waals surface area contributed by atoms with Crippen LogP contribution in [0.5, 0.6) is 5.75 Å². The SMILES string of the molecule is COc1ccccc1NC(=O)c1cc2c(C)nn(-c3ccccc3Cl)c2s1. The largest absolute Gasteiger partial charge is 0.495 e. The topological polar surface area (TPSA) is 56.1 Å². The Morgan fingerprint density at radius 3 is 2.70 bits per heavy atom. The fourth-order valence-corrected chi connectivity index (χ4v) is 4.16. The molecule has 4 rings (SSSR count). The summed E-state index contributed by atoms with van der Waals surface area (Å²) in [4.78, 5) is 14.2. The lowest BCUT2D eigenvalue weighted by atomic mass is 10.2. The predicted octanol–water partition coefficient (Wildman–Crippen LogP) is 5.31. The Morgan fingerprint density at radius 1 is 1.19 bits per heavy atom. The predicted molar refractivity (Wildman–Crippen MR) is 110 cm³/mol. The third kappa shape index (κ3) is 3.18. The minimum Gasteiger partial charge on any atom is -0.495 e. The zero-order valence-electron chi connectivity index (χ0n) is 14.7. The maximum absolute atomic E-state index is 12.8. The summed E-state index contributed by atoms with van der Waals surface area (Å²) in [5.74, 6) is 0.427. The van der Waals surface area contributed by atoms with Crippen molar-refractivity contribution in [2.75, 3.05) is 12.4 Å². The molecule has 0 spiro atoms. The fraction of sp³-hybridized carbons (Fsp3) is 0.100. The summed E-state index contributed by atoms with van der Waals surface area (Å²) in [6.07, 6.45) is 0. The van der Waals surface area contributed by atoms with E-state index in [-0.39, 0.29) is 5.91 Å².